The highest BCUT2D eigenvalue weighted by Crippen LogP contribution is 2.22. The molecule has 0 saturated heterocycles. The molecule has 1 aromatic heterocycles. The van der Waals surface area contributed by atoms with Crippen LogP contribution in [0, 0.1) is 5.92 Å². The Labute approximate surface area is 85.0 Å². The SMILES string of the molecule is CC(C)C(O)C(CN)c1cccnc1. The molecule has 2 atom stereocenters. The number of rotatable bonds is 4. The molecule has 1 aromatic rings. The molecule has 0 fully saturated rings. The fraction of sp³-hybridized carbons (Fsp3) is 0.545. The Hall–Kier alpha value is -0.930. The summed E-state index contributed by atoms with van der Waals surface area (Å²) in [6, 6.07) is 3.82. The van der Waals surface area contributed by atoms with Crippen molar-refractivity contribution in [3.05, 3.63) is 30.1 Å². The summed E-state index contributed by atoms with van der Waals surface area (Å²) < 4.78 is 0. The van der Waals surface area contributed by atoms with E-state index < -0.39 is 6.10 Å². The third-order valence-electron chi connectivity index (χ3n) is 2.46. The zero-order chi connectivity index (χ0) is 10.6. The number of nitrogens with zero attached hydrogens (tertiary/aromatic N) is 1. The summed E-state index contributed by atoms with van der Waals surface area (Å²) in [4.78, 5) is 4.03. The normalized spacial score (nSPS) is 15.5. The second kappa shape index (κ2) is 5.08. The van der Waals surface area contributed by atoms with Crippen molar-refractivity contribution in [1.82, 2.24) is 4.98 Å². The maximum atomic E-state index is 9.93. The van der Waals surface area contributed by atoms with E-state index in [1.807, 2.05) is 26.0 Å². The van der Waals surface area contributed by atoms with E-state index in [2.05, 4.69) is 4.98 Å². The predicted octanol–water partition coefficient (Wildman–Crippen LogP) is 1.14. The first-order valence-electron chi connectivity index (χ1n) is 4.95. The molecule has 0 bridgehead atoms. The van der Waals surface area contributed by atoms with Gasteiger partial charge in [-0.05, 0) is 17.5 Å². The topological polar surface area (TPSA) is 59.1 Å². The highest BCUT2D eigenvalue weighted by molar-refractivity contribution is 5.16. The van der Waals surface area contributed by atoms with E-state index in [0.29, 0.717) is 6.54 Å². The molecule has 0 aliphatic carbocycles. The number of hydrogen-bond donors (Lipinski definition) is 2. The minimum atomic E-state index is -0.399. The van der Waals surface area contributed by atoms with E-state index in [1.54, 1.807) is 12.4 Å². The Morgan fingerprint density at radius 2 is 2.21 bits per heavy atom. The molecule has 1 rings (SSSR count). The monoisotopic (exact) mass is 194 g/mol. The molecule has 0 radical (unpaired) electrons. The second-order valence-corrected chi connectivity index (χ2v) is 3.86. The third kappa shape index (κ3) is 2.53. The molecule has 0 aromatic carbocycles. The van der Waals surface area contributed by atoms with Crippen molar-refractivity contribution in [3.63, 3.8) is 0 Å². The maximum Gasteiger partial charge on any atom is 0.0644 e. The highest BCUT2D eigenvalue weighted by atomic mass is 16.3. The predicted molar refractivity (Wildman–Crippen MR) is 56.9 cm³/mol. The van der Waals surface area contributed by atoms with Gasteiger partial charge in [0.1, 0.15) is 0 Å². The summed E-state index contributed by atoms with van der Waals surface area (Å²) in [6.45, 7) is 4.43. The van der Waals surface area contributed by atoms with Gasteiger partial charge in [0.25, 0.3) is 0 Å². The average Bonchev–Trinajstić information content (AvgIpc) is 2.20. The summed E-state index contributed by atoms with van der Waals surface area (Å²) >= 11 is 0. The zero-order valence-corrected chi connectivity index (χ0v) is 8.72. The molecule has 78 valence electrons. The lowest BCUT2D eigenvalue weighted by molar-refractivity contribution is 0.0984. The Bertz CT molecular complexity index is 261. The molecular formula is C11H18N2O. The minimum absolute atomic E-state index is 0.0105. The average molecular weight is 194 g/mol. The van der Waals surface area contributed by atoms with Crippen LogP contribution in [0.3, 0.4) is 0 Å². The molecule has 0 amide bonds. The van der Waals surface area contributed by atoms with Gasteiger partial charge in [-0.25, -0.2) is 0 Å². The van der Waals surface area contributed by atoms with Crippen LogP contribution < -0.4 is 5.73 Å². The largest absolute Gasteiger partial charge is 0.392 e. The lowest BCUT2D eigenvalue weighted by atomic mass is 9.88. The van der Waals surface area contributed by atoms with Gasteiger partial charge in [0.05, 0.1) is 6.10 Å². The van der Waals surface area contributed by atoms with Gasteiger partial charge in [0, 0.05) is 24.9 Å². The maximum absolute atomic E-state index is 9.93. The van der Waals surface area contributed by atoms with Gasteiger partial charge >= 0.3 is 0 Å². The van der Waals surface area contributed by atoms with Crippen molar-refractivity contribution in [3.8, 4) is 0 Å². The van der Waals surface area contributed by atoms with Gasteiger partial charge < -0.3 is 10.8 Å². The molecule has 3 nitrogen and oxygen atoms in total. The lowest BCUT2D eigenvalue weighted by Crippen LogP contribution is -2.30. The fourth-order valence-corrected chi connectivity index (χ4v) is 1.53. The molecule has 1 heterocycles. The van der Waals surface area contributed by atoms with Gasteiger partial charge in [0.2, 0.25) is 0 Å². The Morgan fingerprint density at radius 1 is 1.50 bits per heavy atom. The van der Waals surface area contributed by atoms with Gasteiger partial charge in [-0.1, -0.05) is 19.9 Å². The van der Waals surface area contributed by atoms with Crippen LogP contribution in [-0.2, 0) is 0 Å². The van der Waals surface area contributed by atoms with Crippen molar-refractivity contribution in [1.29, 1.82) is 0 Å². The Kier molecular flexibility index (Phi) is 4.04. The Balaban J connectivity index is 2.82. The molecule has 2 unspecified atom stereocenters. The summed E-state index contributed by atoms with van der Waals surface area (Å²) in [7, 11) is 0. The van der Waals surface area contributed by atoms with Crippen LogP contribution in [0.15, 0.2) is 24.5 Å². The summed E-state index contributed by atoms with van der Waals surface area (Å²) in [5.74, 6) is 0.201. The molecule has 0 aliphatic rings. The van der Waals surface area contributed by atoms with Gasteiger partial charge in [-0.3, -0.25) is 4.98 Å². The first-order valence-corrected chi connectivity index (χ1v) is 4.95. The summed E-state index contributed by atoms with van der Waals surface area (Å²) in [5, 5.41) is 9.93. The number of aliphatic hydroxyl groups excluding tert-OH is 1. The third-order valence-corrected chi connectivity index (χ3v) is 2.46. The van der Waals surface area contributed by atoms with Crippen LogP contribution in [-0.4, -0.2) is 22.7 Å². The highest BCUT2D eigenvalue weighted by Gasteiger charge is 2.22. The van der Waals surface area contributed by atoms with Crippen molar-refractivity contribution in [2.45, 2.75) is 25.9 Å². The van der Waals surface area contributed by atoms with Crippen LogP contribution in [0.4, 0.5) is 0 Å². The zero-order valence-electron chi connectivity index (χ0n) is 8.72. The van der Waals surface area contributed by atoms with Crippen LogP contribution >= 0.6 is 0 Å². The number of pyridine rings is 1. The van der Waals surface area contributed by atoms with E-state index in [0.717, 1.165) is 5.56 Å². The van der Waals surface area contributed by atoms with E-state index in [-0.39, 0.29) is 11.8 Å². The molecule has 3 N–H and O–H groups in total. The quantitative estimate of drug-likeness (QED) is 0.755. The molecule has 3 heteroatoms. The minimum Gasteiger partial charge on any atom is -0.392 e. The number of nitrogens with two attached hydrogens (primary N) is 1. The van der Waals surface area contributed by atoms with Crippen LogP contribution in [0.2, 0.25) is 0 Å². The number of hydrogen-bond acceptors (Lipinski definition) is 3. The number of aromatic nitrogens is 1. The summed E-state index contributed by atoms with van der Waals surface area (Å²) in [5.41, 5.74) is 6.67. The van der Waals surface area contributed by atoms with Gasteiger partial charge in [-0.15, -0.1) is 0 Å². The molecule has 0 saturated carbocycles. The number of aliphatic hydroxyl groups is 1. The lowest BCUT2D eigenvalue weighted by Gasteiger charge is -2.24. The first-order chi connectivity index (χ1) is 6.66. The van der Waals surface area contributed by atoms with E-state index in [1.165, 1.54) is 0 Å². The van der Waals surface area contributed by atoms with Crippen LogP contribution in [0.5, 0.6) is 0 Å². The van der Waals surface area contributed by atoms with Gasteiger partial charge in [0.15, 0.2) is 0 Å². The van der Waals surface area contributed by atoms with E-state index >= 15 is 0 Å². The molecule has 0 spiro atoms. The van der Waals surface area contributed by atoms with Crippen molar-refractivity contribution in [2.75, 3.05) is 6.54 Å². The molecule has 0 aliphatic heterocycles. The first kappa shape index (κ1) is 11.1. The Morgan fingerprint density at radius 3 is 2.64 bits per heavy atom. The van der Waals surface area contributed by atoms with Crippen molar-refractivity contribution < 1.29 is 5.11 Å². The van der Waals surface area contributed by atoms with E-state index in [4.69, 9.17) is 5.73 Å². The van der Waals surface area contributed by atoms with Crippen molar-refractivity contribution >= 4 is 0 Å². The standard InChI is InChI=1S/C11H18N2O/c1-8(2)11(14)10(6-12)9-4-3-5-13-7-9/h3-5,7-8,10-11,14H,6,12H2,1-2H3. The second-order valence-electron chi connectivity index (χ2n) is 3.86. The van der Waals surface area contributed by atoms with Gasteiger partial charge in [-0.2, -0.15) is 0 Å². The van der Waals surface area contributed by atoms with Crippen molar-refractivity contribution in [2.24, 2.45) is 11.7 Å². The van der Waals surface area contributed by atoms with E-state index in [9.17, 15) is 5.11 Å². The molecular weight excluding hydrogens is 176 g/mol. The smallest absolute Gasteiger partial charge is 0.0644 e. The van der Waals surface area contributed by atoms with Crippen LogP contribution in [0.25, 0.3) is 0 Å². The molecule has 14 heavy (non-hydrogen) atoms. The van der Waals surface area contributed by atoms with Crippen LogP contribution in [0.1, 0.15) is 25.3 Å². The fourth-order valence-electron chi connectivity index (χ4n) is 1.53. The summed E-state index contributed by atoms with van der Waals surface area (Å²) in [6.07, 6.45) is 3.09.